The zero-order chi connectivity index (χ0) is 15.5. The van der Waals surface area contributed by atoms with Gasteiger partial charge in [-0.05, 0) is 38.1 Å². The summed E-state index contributed by atoms with van der Waals surface area (Å²) < 4.78 is 15.7. The molecular weight excluding hydrogens is 270 g/mol. The highest BCUT2D eigenvalue weighted by molar-refractivity contribution is 5.92. The quantitative estimate of drug-likeness (QED) is 0.413. The van der Waals surface area contributed by atoms with E-state index < -0.39 is 0 Å². The lowest BCUT2D eigenvalue weighted by molar-refractivity contribution is 0.0748. The number of nitrogens with one attached hydrogen (secondary N) is 1. The first-order valence-electron chi connectivity index (χ1n) is 7.02. The highest BCUT2D eigenvalue weighted by Crippen LogP contribution is 2.16. The Morgan fingerprint density at radius 1 is 1.19 bits per heavy atom. The molecule has 1 aromatic rings. The Balaban J connectivity index is 2.31. The molecule has 6 heteroatoms. The molecule has 6 nitrogen and oxygen atoms in total. The van der Waals surface area contributed by atoms with E-state index in [4.69, 9.17) is 19.9 Å². The number of aliphatic imine (C=N–C) groups is 1. The Morgan fingerprint density at radius 2 is 1.90 bits per heavy atom. The Morgan fingerprint density at radius 3 is 2.52 bits per heavy atom. The first kappa shape index (κ1) is 17.3. The molecule has 1 aromatic carbocycles. The molecule has 0 saturated carbocycles. The Kier molecular flexibility index (Phi) is 8.23. The van der Waals surface area contributed by atoms with E-state index in [1.165, 1.54) is 0 Å². The van der Waals surface area contributed by atoms with Crippen LogP contribution in [0.3, 0.4) is 0 Å². The lowest BCUT2D eigenvalue weighted by atomic mass is 10.3. The van der Waals surface area contributed by atoms with Crippen molar-refractivity contribution in [1.29, 1.82) is 0 Å². The molecule has 21 heavy (non-hydrogen) atoms. The number of ether oxygens (including phenoxy) is 3. The van der Waals surface area contributed by atoms with Crippen molar-refractivity contribution in [3.63, 3.8) is 0 Å². The normalized spacial score (nSPS) is 11.7. The van der Waals surface area contributed by atoms with Crippen molar-refractivity contribution in [2.45, 2.75) is 20.0 Å². The second-order valence-electron chi connectivity index (χ2n) is 4.69. The molecule has 0 aromatic heterocycles. The van der Waals surface area contributed by atoms with Crippen molar-refractivity contribution in [2.75, 3.05) is 38.8 Å². The summed E-state index contributed by atoms with van der Waals surface area (Å²) in [5.74, 6) is 1.19. The van der Waals surface area contributed by atoms with Gasteiger partial charge in [-0.15, -0.1) is 0 Å². The molecule has 0 saturated heterocycles. The maximum Gasteiger partial charge on any atom is 0.193 e. The molecule has 0 aliphatic carbocycles. The summed E-state index contributed by atoms with van der Waals surface area (Å²) in [5.41, 5.74) is 6.66. The predicted octanol–water partition coefficient (Wildman–Crippen LogP) is 1.86. The molecule has 3 N–H and O–H groups in total. The molecular formula is C15H25N3O3. The minimum Gasteiger partial charge on any atom is -0.491 e. The SMILES string of the molecule is COCCOCCN=C(N)Nc1ccc(OC(C)C)cc1. The first-order chi connectivity index (χ1) is 10.1. The number of hydrogen-bond acceptors (Lipinski definition) is 4. The van der Waals surface area contributed by atoms with Crippen LogP contribution in [0.4, 0.5) is 5.69 Å². The van der Waals surface area contributed by atoms with E-state index in [0.29, 0.717) is 32.3 Å². The molecule has 0 heterocycles. The summed E-state index contributed by atoms with van der Waals surface area (Å²) in [4.78, 5) is 4.17. The molecule has 0 spiro atoms. The van der Waals surface area contributed by atoms with Crippen LogP contribution in [0.25, 0.3) is 0 Å². The fourth-order valence-electron chi connectivity index (χ4n) is 1.55. The van der Waals surface area contributed by atoms with Crippen LogP contribution in [0, 0.1) is 0 Å². The maximum atomic E-state index is 5.79. The Labute approximate surface area is 126 Å². The summed E-state index contributed by atoms with van der Waals surface area (Å²) in [6.45, 7) is 6.17. The van der Waals surface area contributed by atoms with Gasteiger partial charge < -0.3 is 25.3 Å². The zero-order valence-electron chi connectivity index (χ0n) is 13.0. The number of hydrogen-bond donors (Lipinski definition) is 2. The van der Waals surface area contributed by atoms with E-state index in [1.54, 1.807) is 7.11 Å². The molecule has 0 radical (unpaired) electrons. The lowest BCUT2D eigenvalue weighted by Crippen LogP contribution is -2.23. The number of anilines is 1. The van der Waals surface area contributed by atoms with Gasteiger partial charge >= 0.3 is 0 Å². The highest BCUT2D eigenvalue weighted by Gasteiger charge is 1.99. The van der Waals surface area contributed by atoms with Crippen molar-refractivity contribution in [3.8, 4) is 5.75 Å². The van der Waals surface area contributed by atoms with Crippen LogP contribution in [-0.2, 0) is 9.47 Å². The van der Waals surface area contributed by atoms with Gasteiger partial charge in [0.1, 0.15) is 5.75 Å². The number of nitrogens with zero attached hydrogens (tertiary/aromatic N) is 1. The van der Waals surface area contributed by atoms with Gasteiger partial charge in [-0.1, -0.05) is 0 Å². The fraction of sp³-hybridized carbons (Fsp3) is 0.533. The van der Waals surface area contributed by atoms with E-state index in [1.807, 2.05) is 38.1 Å². The summed E-state index contributed by atoms with van der Waals surface area (Å²) in [6, 6.07) is 7.58. The summed E-state index contributed by atoms with van der Waals surface area (Å²) in [6.07, 6.45) is 0.161. The van der Waals surface area contributed by atoms with Crippen molar-refractivity contribution in [1.82, 2.24) is 0 Å². The van der Waals surface area contributed by atoms with Crippen LogP contribution in [0.2, 0.25) is 0 Å². The largest absolute Gasteiger partial charge is 0.491 e. The number of guanidine groups is 1. The van der Waals surface area contributed by atoms with Crippen LogP contribution < -0.4 is 15.8 Å². The van der Waals surface area contributed by atoms with Gasteiger partial charge in [0.2, 0.25) is 0 Å². The number of methoxy groups -OCH3 is 1. The van der Waals surface area contributed by atoms with E-state index in [2.05, 4.69) is 10.3 Å². The van der Waals surface area contributed by atoms with E-state index >= 15 is 0 Å². The van der Waals surface area contributed by atoms with Crippen molar-refractivity contribution in [2.24, 2.45) is 10.7 Å². The summed E-state index contributed by atoms with van der Waals surface area (Å²) >= 11 is 0. The van der Waals surface area contributed by atoms with Gasteiger partial charge in [0, 0.05) is 12.8 Å². The molecule has 0 atom stereocenters. The fourth-order valence-corrected chi connectivity index (χ4v) is 1.55. The van der Waals surface area contributed by atoms with Crippen LogP contribution in [0.1, 0.15) is 13.8 Å². The third-order valence-corrected chi connectivity index (χ3v) is 2.45. The Hall–Kier alpha value is -1.79. The van der Waals surface area contributed by atoms with Gasteiger partial charge in [0.05, 0.1) is 32.5 Å². The standard InChI is InChI=1S/C15H25N3O3/c1-12(2)21-14-6-4-13(5-7-14)18-15(16)17-8-9-20-11-10-19-3/h4-7,12H,8-11H2,1-3H3,(H3,16,17,18). The van der Waals surface area contributed by atoms with Crippen LogP contribution in [0.15, 0.2) is 29.3 Å². The summed E-state index contributed by atoms with van der Waals surface area (Å²) in [7, 11) is 1.64. The van der Waals surface area contributed by atoms with Gasteiger partial charge in [-0.2, -0.15) is 0 Å². The molecule has 0 aliphatic rings. The van der Waals surface area contributed by atoms with Crippen LogP contribution in [0.5, 0.6) is 5.75 Å². The van der Waals surface area contributed by atoms with Gasteiger partial charge in [0.25, 0.3) is 0 Å². The van der Waals surface area contributed by atoms with Crippen LogP contribution in [-0.4, -0.2) is 45.5 Å². The second-order valence-corrected chi connectivity index (χ2v) is 4.69. The molecule has 118 valence electrons. The minimum absolute atomic E-state index is 0.161. The zero-order valence-corrected chi connectivity index (χ0v) is 13.0. The number of rotatable bonds is 9. The molecule has 0 aliphatic heterocycles. The summed E-state index contributed by atoms with van der Waals surface area (Å²) in [5, 5.41) is 3.02. The minimum atomic E-state index is 0.161. The lowest BCUT2D eigenvalue weighted by Gasteiger charge is -2.11. The molecule has 0 bridgehead atoms. The third-order valence-electron chi connectivity index (χ3n) is 2.45. The third kappa shape index (κ3) is 8.16. The van der Waals surface area contributed by atoms with E-state index in [0.717, 1.165) is 11.4 Å². The van der Waals surface area contributed by atoms with Crippen molar-refractivity contribution in [3.05, 3.63) is 24.3 Å². The van der Waals surface area contributed by atoms with Crippen LogP contribution >= 0.6 is 0 Å². The number of benzene rings is 1. The van der Waals surface area contributed by atoms with E-state index in [-0.39, 0.29) is 6.10 Å². The first-order valence-corrected chi connectivity index (χ1v) is 7.02. The topological polar surface area (TPSA) is 78.1 Å². The van der Waals surface area contributed by atoms with E-state index in [9.17, 15) is 0 Å². The molecule has 0 fully saturated rings. The monoisotopic (exact) mass is 295 g/mol. The number of nitrogens with two attached hydrogens (primary N) is 1. The predicted molar refractivity (Wildman–Crippen MR) is 85.0 cm³/mol. The van der Waals surface area contributed by atoms with Gasteiger partial charge in [-0.3, -0.25) is 4.99 Å². The maximum absolute atomic E-state index is 5.79. The van der Waals surface area contributed by atoms with Crippen molar-refractivity contribution >= 4 is 11.6 Å². The molecule has 1 rings (SSSR count). The highest BCUT2D eigenvalue weighted by atomic mass is 16.5. The average molecular weight is 295 g/mol. The average Bonchev–Trinajstić information content (AvgIpc) is 2.44. The Bertz CT molecular complexity index is 419. The second kappa shape index (κ2) is 10.0. The smallest absolute Gasteiger partial charge is 0.193 e. The molecule has 0 unspecified atom stereocenters. The molecule has 0 amide bonds. The van der Waals surface area contributed by atoms with Crippen molar-refractivity contribution < 1.29 is 14.2 Å². The van der Waals surface area contributed by atoms with Gasteiger partial charge in [0.15, 0.2) is 5.96 Å². The van der Waals surface area contributed by atoms with Gasteiger partial charge in [-0.25, -0.2) is 0 Å².